The van der Waals surface area contributed by atoms with Crippen molar-refractivity contribution < 1.29 is 45.6 Å². The number of alkyl halides is 2. The third kappa shape index (κ3) is 8.52. The van der Waals surface area contributed by atoms with Gasteiger partial charge in [-0.1, -0.05) is 105 Å². The Kier molecular flexibility index (Phi) is 12.5. The van der Waals surface area contributed by atoms with E-state index in [9.17, 15) is 26.8 Å². The second-order valence-electron chi connectivity index (χ2n) is 11.6. The summed E-state index contributed by atoms with van der Waals surface area (Å²) in [4.78, 5) is 27.2. The SMILES string of the molecule is CC(C)(C)OC(=O)COC(C(=O)OCC(F)(F)S(=O)(=O)O)(c1ccccc1)C(C)(C)C(c1ccccc1)c1ccccc1.[Na]. The number of carbonyl (C=O) groups excluding carboxylic acids is 2. The first-order valence-corrected chi connectivity index (χ1v) is 14.9. The molecule has 0 amide bonds. The molecule has 0 bridgehead atoms. The zero-order valence-corrected chi connectivity index (χ0v) is 28.4. The van der Waals surface area contributed by atoms with Crippen LogP contribution in [0.4, 0.5) is 8.78 Å². The molecule has 1 N–H and O–H groups in total. The molecular weight excluding hydrogens is 605 g/mol. The first-order chi connectivity index (χ1) is 19.9. The maximum Gasteiger partial charge on any atom is 0.402 e. The van der Waals surface area contributed by atoms with Gasteiger partial charge in [0, 0.05) is 40.9 Å². The number of hydrogen-bond acceptors (Lipinski definition) is 7. The minimum Gasteiger partial charge on any atom is -0.458 e. The molecule has 8 nitrogen and oxygen atoms in total. The van der Waals surface area contributed by atoms with Crippen LogP contribution >= 0.6 is 0 Å². The molecule has 1 atom stereocenters. The average Bonchev–Trinajstić information content (AvgIpc) is 2.92. The molecule has 1 radical (unpaired) electrons. The molecule has 3 aromatic carbocycles. The third-order valence-electron chi connectivity index (χ3n) is 6.94. The molecule has 12 heteroatoms. The Bertz CT molecular complexity index is 1460. The van der Waals surface area contributed by atoms with E-state index in [1.54, 1.807) is 77.1 Å². The predicted molar refractivity (Wildman–Crippen MR) is 162 cm³/mol. The Balaban J connectivity index is 0.00000675. The van der Waals surface area contributed by atoms with E-state index in [-0.39, 0.29) is 35.1 Å². The monoisotopic (exact) mass is 641 g/mol. The van der Waals surface area contributed by atoms with Crippen LogP contribution < -0.4 is 0 Å². The number of ether oxygens (including phenoxy) is 3. The maximum absolute atomic E-state index is 14.3. The molecule has 233 valence electrons. The Hall–Kier alpha value is -2.67. The van der Waals surface area contributed by atoms with E-state index >= 15 is 0 Å². The van der Waals surface area contributed by atoms with Crippen LogP contribution in [0.1, 0.15) is 57.2 Å². The summed E-state index contributed by atoms with van der Waals surface area (Å²) in [7, 11) is -5.92. The Labute approximate surface area is 279 Å². The number of benzene rings is 3. The second kappa shape index (κ2) is 14.6. The van der Waals surface area contributed by atoms with Crippen molar-refractivity contribution in [3.05, 3.63) is 108 Å². The van der Waals surface area contributed by atoms with Gasteiger partial charge in [-0.25, -0.2) is 9.59 Å². The summed E-state index contributed by atoms with van der Waals surface area (Å²) in [5.41, 5.74) is -3.01. The van der Waals surface area contributed by atoms with Gasteiger partial charge in [0.25, 0.3) is 0 Å². The minimum absolute atomic E-state index is 0. The molecule has 0 fully saturated rings. The van der Waals surface area contributed by atoms with E-state index < -0.39 is 63.1 Å². The van der Waals surface area contributed by atoms with Gasteiger partial charge in [0.1, 0.15) is 12.2 Å². The molecular formula is C32H36F2NaO8S. The molecule has 3 aromatic rings. The molecule has 0 saturated carbocycles. The van der Waals surface area contributed by atoms with Gasteiger partial charge in [-0.2, -0.15) is 17.2 Å². The summed E-state index contributed by atoms with van der Waals surface area (Å²) < 4.78 is 77.0. The molecule has 0 saturated heterocycles. The van der Waals surface area contributed by atoms with Crippen molar-refractivity contribution in [1.29, 1.82) is 0 Å². The largest absolute Gasteiger partial charge is 0.458 e. The molecule has 0 spiro atoms. The summed E-state index contributed by atoms with van der Waals surface area (Å²) in [6, 6.07) is 26.1. The zero-order chi connectivity index (χ0) is 32.1. The Morgan fingerprint density at radius 3 is 1.64 bits per heavy atom. The molecule has 44 heavy (non-hydrogen) atoms. The fraction of sp³-hybridized carbons (Fsp3) is 0.375. The van der Waals surface area contributed by atoms with Crippen molar-refractivity contribution in [3.63, 3.8) is 0 Å². The summed E-state index contributed by atoms with van der Waals surface area (Å²) in [6.45, 7) is 5.50. The Morgan fingerprint density at radius 1 is 0.795 bits per heavy atom. The second-order valence-corrected chi connectivity index (χ2v) is 13.1. The quantitative estimate of drug-likeness (QED) is 0.151. The molecule has 0 heterocycles. The van der Waals surface area contributed by atoms with Crippen molar-refractivity contribution in [2.45, 2.75) is 57.0 Å². The van der Waals surface area contributed by atoms with Gasteiger partial charge in [0.2, 0.25) is 0 Å². The zero-order valence-electron chi connectivity index (χ0n) is 25.6. The van der Waals surface area contributed by atoms with Crippen LogP contribution in [0.2, 0.25) is 0 Å². The van der Waals surface area contributed by atoms with Gasteiger partial charge < -0.3 is 14.2 Å². The van der Waals surface area contributed by atoms with Crippen LogP contribution in [0.5, 0.6) is 0 Å². The van der Waals surface area contributed by atoms with Gasteiger partial charge >= 0.3 is 27.3 Å². The first-order valence-electron chi connectivity index (χ1n) is 13.5. The summed E-state index contributed by atoms with van der Waals surface area (Å²) in [6.07, 6.45) is 0. The van der Waals surface area contributed by atoms with E-state index in [1.807, 2.05) is 36.4 Å². The summed E-state index contributed by atoms with van der Waals surface area (Å²) in [5.74, 6) is -2.90. The fourth-order valence-electron chi connectivity index (χ4n) is 5.14. The van der Waals surface area contributed by atoms with Crippen LogP contribution in [0.25, 0.3) is 0 Å². The smallest absolute Gasteiger partial charge is 0.402 e. The maximum atomic E-state index is 14.3. The van der Waals surface area contributed by atoms with E-state index in [4.69, 9.17) is 18.8 Å². The van der Waals surface area contributed by atoms with Crippen LogP contribution in [0.15, 0.2) is 91.0 Å². The van der Waals surface area contributed by atoms with Crippen molar-refractivity contribution in [3.8, 4) is 0 Å². The van der Waals surface area contributed by atoms with Gasteiger partial charge in [-0.05, 0) is 37.5 Å². The first kappa shape index (κ1) is 37.5. The molecule has 0 aliphatic carbocycles. The van der Waals surface area contributed by atoms with Gasteiger partial charge in [0.15, 0.2) is 12.2 Å². The molecule has 0 aliphatic heterocycles. The van der Waals surface area contributed by atoms with Crippen molar-refractivity contribution in [1.82, 2.24) is 0 Å². The van der Waals surface area contributed by atoms with Crippen molar-refractivity contribution in [2.24, 2.45) is 5.41 Å². The molecule has 1 unspecified atom stereocenters. The van der Waals surface area contributed by atoms with Crippen molar-refractivity contribution in [2.75, 3.05) is 13.2 Å². The molecule has 0 aliphatic rings. The Morgan fingerprint density at radius 2 is 1.23 bits per heavy atom. The third-order valence-corrected chi connectivity index (χ3v) is 7.81. The number of carbonyl (C=O) groups is 2. The predicted octanol–water partition coefficient (Wildman–Crippen LogP) is 5.74. The summed E-state index contributed by atoms with van der Waals surface area (Å²) in [5, 5.41) is -4.81. The normalized spacial score (nSPS) is 13.8. The number of esters is 2. The molecule has 0 aromatic heterocycles. The van der Waals surface area contributed by atoms with Crippen LogP contribution in [-0.4, -0.2) is 78.5 Å². The van der Waals surface area contributed by atoms with E-state index in [2.05, 4.69) is 0 Å². The van der Waals surface area contributed by atoms with Crippen molar-refractivity contribution >= 4 is 51.6 Å². The van der Waals surface area contributed by atoms with E-state index in [0.717, 1.165) is 11.1 Å². The number of rotatable bonds is 12. The van der Waals surface area contributed by atoms with Gasteiger partial charge in [0.05, 0.1) is 0 Å². The number of halogens is 2. The van der Waals surface area contributed by atoms with E-state index in [1.165, 1.54) is 12.1 Å². The van der Waals surface area contributed by atoms with E-state index in [0.29, 0.717) is 0 Å². The van der Waals surface area contributed by atoms with Crippen LogP contribution in [0.3, 0.4) is 0 Å². The topological polar surface area (TPSA) is 116 Å². The van der Waals surface area contributed by atoms with Gasteiger partial charge in [-0.15, -0.1) is 0 Å². The fourth-order valence-corrected chi connectivity index (χ4v) is 5.35. The van der Waals surface area contributed by atoms with Gasteiger partial charge in [-0.3, -0.25) is 4.55 Å². The average molecular weight is 642 g/mol. The standard InChI is InChI=1S/C32H36F2O8S.Na/c1-29(2,3)42-26(35)21-41-32(25-19-13-8-14-20-25,28(36)40-22-31(33,34)43(37,38)39)30(4,5)27(23-15-9-6-10-16-23)24-17-11-7-12-18-24;/h6-20,27H,21-22H2,1-5H3,(H,37,38,39);. The van der Waals surface area contributed by atoms with Crippen LogP contribution in [-0.2, 0) is 39.5 Å². The molecule has 3 rings (SSSR count). The number of hydrogen-bond donors (Lipinski definition) is 1. The summed E-state index contributed by atoms with van der Waals surface area (Å²) >= 11 is 0. The van der Waals surface area contributed by atoms with Crippen LogP contribution in [0, 0.1) is 5.41 Å². The minimum atomic E-state index is -5.92.